The van der Waals surface area contributed by atoms with E-state index >= 15 is 0 Å². The fourth-order valence-corrected chi connectivity index (χ4v) is 1.65. The molecule has 0 saturated carbocycles. The van der Waals surface area contributed by atoms with Gasteiger partial charge in [0, 0.05) is 6.42 Å². The highest BCUT2D eigenvalue weighted by Gasteiger charge is 2.30. The third kappa shape index (κ3) is 3.74. The van der Waals surface area contributed by atoms with Gasteiger partial charge >= 0.3 is 6.18 Å². The second-order valence-corrected chi connectivity index (χ2v) is 4.27. The van der Waals surface area contributed by atoms with Crippen LogP contribution < -0.4 is 4.74 Å². The Balaban J connectivity index is 2.10. The molecule has 0 amide bonds. The molecule has 0 saturated heterocycles. The molecule has 0 atom stereocenters. The lowest BCUT2D eigenvalue weighted by atomic mass is 10.2. The van der Waals surface area contributed by atoms with Crippen molar-refractivity contribution in [2.24, 2.45) is 0 Å². The predicted octanol–water partition coefficient (Wildman–Crippen LogP) is 4.87. The maximum absolute atomic E-state index is 12.4. The van der Waals surface area contributed by atoms with Crippen LogP contribution in [0.3, 0.4) is 0 Å². The summed E-state index contributed by atoms with van der Waals surface area (Å²) in [5, 5.41) is 0. The van der Waals surface area contributed by atoms with Gasteiger partial charge in [-0.3, -0.25) is 0 Å². The van der Waals surface area contributed by atoms with E-state index in [2.05, 4.69) is 0 Å². The van der Waals surface area contributed by atoms with Gasteiger partial charge in [0.25, 0.3) is 0 Å². The summed E-state index contributed by atoms with van der Waals surface area (Å²) in [6, 6.07) is 4.69. The average molecular weight is 266 g/mol. The summed E-state index contributed by atoms with van der Waals surface area (Å²) in [4.78, 5) is 0. The van der Waals surface area contributed by atoms with Gasteiger partial charge in [0.05, 0.1) is 5.56 Å². The minimum absolute atomic E-state index is 0.403. The van der Waals surface area contributed by atoms with Crippen molar-refractivity contribution in [3.05, 3.63) is 65.5 Å². The first-order valence-electron chi connectivity index (χ1n) is 5.84. The van der Waals surface area contributed by atoms with E-state index < -0.39 is 11.7 Å². The summed E-state index contributed by atoms with van der Waals surface area (Å²) >= 11 is 0. The van der Waals surface area contributed by atoms with Gasteiger partial charge in [0.15, 0.2) is 0 Å². The van der Waals surface area contributed by atoms with Crippen LogP contribution in [-0.4, -0.2) is 0 Å². The van der Waals surface area contributed by atoms with Crippen LogP contribution in [0.2, 0.25) is 0 Å². The highest BCUT2D eigenvalue weighted by Crippen LogP contribution is 2.30. The van der Waals surface area contributed by atoms with Crippen LogP contribution >= 0.6 is 0 Å². The fraction of sp³-hybridized carbons (Fsp3) is 0.200. The second kappa shape index (κ2) is 5.34. The van der Waals surface area contributed by atoms with Crippen molar-refractivity contribution in [1.29, 1.82) is 0 Å². The van der Waals surface area contributed by atoms with Gasteiger partial charge in [-0.05, 0) is 37.3 Å². The maximum atomic E-state index is 12.4. The summed E-state index contributed by atoms with van der Waals surface area (Å²) < 4.78 is 42.8. The first-order valence-corrected chi connectivity index (χ1v) is 5.84. The highest BCUT2D eigenvalue weighted by molar-refractivity contribution is 5.33. The Morgan fingerprint density at radius 3 is 2.37 bits per heavy atom. The molecular formula is C15H13F3O. The van der Waals surface area contributed by atoms with Gasteiger partial charge in [-0.2, -0.15) is 13.2 Å². The molecule has 0 bridgehead atoms. The van der Waals surface area contributed by atoms with Crippen LogP contribution in [0, 0.1) is 0 Å². The van der Waals surface area contributed by atoms with E-state index in [0.717, 1.165) is 17.7 Å². The molecule has 1 aliphatic rings. The van der Waals surface area contributed by atoms with Crippen LogP contribution in [0.5, 0.6) is 5.75 Å². The Morgan fingerprint density at radius 1 is 1.05 bits per heavy atom. The molecule has 0 aliphatic heterocycles. The fourth-order valence-electron chi connectivity index (χ4n) is 1.65. The average Bonchev–Trinajstić information content (AvgIpc) is 2.54. The van der Waals surface area contributed by atoms with Crippen LogP contribution in [-0.2, 0) is 6.18 Å². The molecule has 0 aromatic heterocycles. The zero-order valence-electron chi connectivity index (χ0n) is 10.4. The first kappa shape index (κ1) is 13.5. The molecule has 0 fully saturated rings. The molecule has 0 unspecified atom stereocenters. The molecule has 19 heavy (non-hydrogen) atoms. The summed E-state index contributed by atoms with van der Waals surface area (Å²) in [7, 11) is 0. The normalized spacial score (nSPS) is 15.6. The van der Waals surface area contributed by atoms with Crippen molar-refractivity contribution in [2.45, 2.75) is 19.5 Å². The van der Waals surface area contributed by atoms with E-state index in [1.54, 1.807) is 0 Å². The number of hydrogen-bond donors (Lipinski definition) is 0. The minimum Gasteiger partial charge on any atom is -0.461 e. The van der Waals surface area contributed by atoms with Gasteiger partial charge in [-0.1, -0.05) is 23.8 Å². The largest absolute Gasteiger partial charge is 0.461 e. The number of rotatable bonds is 2. The molecule has 1 aromatic rings. The number of benzene rings is 1. The summed E-state index contributed by atoms with van der Waals surface area (Å²) in [6.45, 7) is 1.97. The molecule has 4 heteroatoms. The Bertz CT molecular complexity index is 534. The van der Waals surface area contributed by atoms with E-state index in [1.165, 1.54) is 12.1 Å². The maximum Gasteiger partial charge on any atom is 0.416 e. The van der Waals surface area contributed by atoms with Crippen LogP contribution in [0.4, 0.5) is 13.2 Å². The molecule has 0 N–H and O–H groups in total. The number of allylic oxidation sites excluding steroid dienone is 5. The number of ether oxygens (including phenoxy) is 1. The standard InChI is InChI=1S/C15H13F3O/c1-11-3-2-4-13(8-5-11)19-14-9-6-12(7-10-14)15(16,17)18/h2-3,5-10H,4H2,1H3. The van der Waals surface area contributed by atoms with Crippen molar-refractivity contribution in [3.63, 3.8) is 0 Å². The van der Waals surface area contributed by atoms with Crippen molar-refractivity contribution in [2.75, 3.05) is 0 Å². The van der Waals surface area contributed by atoms with Gasteiger partial charge in [0.2, 0.25) is 0 Å². The third-order valence-corrected chi connectivity index (χ3v) is 2.66. The summed E-state index contributed by atoms with van der Waals surface area (Å²) in [5.41, 5.74) is 0.427. The van der Waals surface area contributed by atoms with Gasteiger partial charge in [-0.25, -0.2) is 0 Å². The summed E-state index contributed by atoms with van der Waals surface area (Å²) in [5.74, 6) is 1.11. The van der Waals surface area contributed by atoms with Crippen LogP contribution in [0.15, 0.2) is 59.9 Å². The zero-order chi connectivity index (χ0) is 13.9. The predicted molar refractivity (Wildman–Crippen MR) is 67.7 cm³/mol. The topological polar surface area (TPSA) is 9.23 Å². The number of halogens is 3. The quantitative estimate of drug-likeness (QED) is 0.741. The molecule has 1 aromatic carbocycles. The van der Waals surface area contributed by atoms with Crippen molar-refractivity contribution < 1.29 is 17.9 Å². The smallest absolute Gasteiger partial charge is 0.416 e. The van der Waals surface area contributed by atoms with E-state index in [-0.39, 0.29) is 0 Å². The first-order chi connectivity index (χ1) is 8.95. The molecule has 0 spiro atoms. The molecule has 100 valence electrons. The van der Waals surface area contributed by atoms with Crippen molar-refractivity contribution in [3.8, 4) is 5.75 Å². The molecule has 1 aliphatic carbocycles. The van der Waals surface area contributed by atoms with E-state index in [9.17, 15) is 13.2 Å². The van der Waals surface area contributed by atoms with Gasteiger partial charge in [-0.15, -0.1) is 0 Å². The zero-order valence-corrected chi connectivity index (χ0v) is 10.4. The van der Waals surface area contributed by atoms with E-state index in [1.807, 2.05) is 31.2 Å². The lowest BCUT2D eigenvalue weighted by molar-refractivity contribution is -0.137. The Morgan fingerprint density at radius 2 is 1.74 bits per heavy atom. The summed E-state index contributed by atoms with van der Waals surface area (Å²) in [6.07, 6.45) is 3.96. The number of alkyl halides is 3. The minimum atomic E-state index is -4.32. The Kier molecular flexibility index (Phi) is 3.79. The number of hydrogen-bond acceptors (Lipinski definition) is 1. The van der Waals surface area contributed by atoms with Crippen molar-refractivity contribution in [1.82, 2.24) is 0 Å². The Labute approximate surface area is 109 Å². The van der Waals surface area contributed by atoms with E-state index in [0.29, 0.717) is 17.9 Å². The second-order valence-electron chi connectivity index (χ2n) is 4.27. The molecule has 0 heterocycles. The SMILES string of the molecule is CC1=CC=C(Oc2ccc(C(F)(F)F)cc2)CC=C1. The van der Waals surface area contributed by atoms with Gasteiger partial charge < -0.3 is 4.74 Å². The van der Waals surface area contributed by atoms with Crippen LogP contribution in [0.1, 0.15) is 18.9 Å². The molecule has 0 radical (unpaired) electrons. The monoisotopic (exact) mass is 266 g/mol. The lowest BCUT2D eigenvalue weighted by Gasteiger charge is -2.10. The lowest BCUT2D eigenvalue weighted by Crippen LogP contribution is -2.04. The highest BCUT2D eigenvalue weighted by atomic mass is 19.4. The Hall–Kier alpha value is -1.97. The van der Waals surface area contributed by atoms with Gasteiger partial charge in [0.1, 0.15) is 11.5 Å². The van der Waals surface area contributed by atoms with E-state index in [4.69, 9.17) is 4.74 Å². The molecular weight excluding hydrogens is 253 g/mol. The molecule has 1 nitrogen and oxygen atoms in total. The van der Waals surface area contributed by atoms with Crippen molar-refractivity contribution >= 4 is 0 Å². The third-order valence-electron chi connectivity index (χ3n) is 2.66. The molecule has 2 rings (SSSR count). The van der Waals surface area contributed by atoms with Crippen LogP contribution in [0.25, 0.3) is 0 Å².